The van der Waals surface area contributed by atoms with Crippen LogP contribution in [0.4, 0.5) is 0 Å². The van der Waals surface area contributed by atoms with Crippen LogP contribution in [0, 0.1) is 13.8 Å². The Kier molecular flexibility index (Phi) is 6.47. The van der Waals surface area contributed by atoms with Crippen LogP contribution in [-0.4, -0.2) is 29.1 Å². The highest BCUT2D eigenvalue weighted by Gasteiger charge is 2.21. The first-order valence-corrected chi connectivity index (χ1v) is 9.59. The van der Waals surface area contributed by atoms with Crippen LogP contribution in [0.3, 0.4) is 0 Å². The second-order valence-corrected chi connectivity index (χ2v) is 7.10. The van der Waals surface area contributed by atoms with E-state index in [1.807, 2.05) is 62.4 Å². The molecule has 0 aliphatic heterocycles. The third kappa shape index (κ3) is 4.84. The fourth-order valence-corrected chi connectivity index (χ4v) is 3.23. The van der Waals surface area contributed by atoms with E-state index in [1.165, 1.54) is 0 Å². The third-order valence-electron chi connectivity index (χ3n) is 4.87. The molecule has 0 fully saturated rings. The van der Waals surface area contributed by atoms with Crippen molar-refractivity contribution in [2.75, 3.05) is 7.11 Å². The summed E-state index contributed by atoms with van der Waals surface area (Å²) in [6.07, 6.45) is -0.227. The molecule has 0 saturated heterocycles. The number of methoxy groups -OCH3 is 1. The number of aliphatic carboxylic acids is 1. The van der Waals surface area contributed by atoms with E-state index in [0.717, 1.165) is 22.3 Å². The largest absolute Gasteiger partial charge is 0.494 e. The Labute approximate surface area is 175 Å². The average Bonchev–Trinajstić information content (AvgIpc) is 2.73. The molecule has 0 spiro atoms. The number of carboxylic acids is 1. The van der Waals surface area contributed by atoms with E-state index in [-0.39, 0.29) is 12.1 Å². The zero-order valence-corrected chi connectivity index (χ0v) is 17.2. The van der Waals surface area contributed by atoms with Gasteiger partial charge in [0.25, 0.3) is 5.91 Å². The molecule has 0 radical (unpaired) electrons. The van der Waals surface area contributed by atoms with Crippen LogP contribution in [0.1, 0.15) is 39.6 Å². The van der Waals surface area contributed by atoms with Crippen LogP contribution in [0.25, 0.3) is 11.3 Å². The van der Waals surface area contributed by atoms with E-state index in [4.69, 9.17) is 4.74 Å². The van der Waals surface area contributed by atoms with Crippen molar-refractivity contribution in [1.29, 1.82) is 0 Å². The summed E-state index contributed by atoms with van der Waals surface area (Å²) in [5.41, 5.74) is 4.40. The summed E-state index contributed by atoms with van der Waals surface area (Å²) in [4.78, 5) is 28.8. The molecule has 154 valence electrons. The minimum Gasteiger partial charge on any atom is -0.494 e. The molecular formula is C24H24N2O4. The molecule has 2 N–H and O–H groups in total. The molecule has 30 heavy (non-hydrogen) atoms. The Morgan fingerprint density at radius 1 is 1.03 bits per heavy atom. The van der Waals surface area contributed by atoms with Gasteiger partial charge in [-0.25, -0.2) is 4.98 Å². The summed E-state index contributed by atoms with van der Waals surface area (Å²) in [5, 5.41) is 12.1. The van der Waals surface area contributed by atoms with Crippen molar-refractivity contribution in [3.05, 3.63) is 83.0 Å². The Bertz CT molecular complexity index is 1060. The molecule has 1 atom stereocenters. The van der Waals surface area contributed by atoms with Crippen molar-refractivity contribution in [3.63, 3.8) is 0 Å². The van der Waals surface area contributed by atoms with Crippen molar-refractivity contribution < 1.29 is 19.4 Å². The van der Waals surface area contributed by atoms with Gasteiger partial charge < -0.3 is 15.2 Å². The molecule has 6 heteroatoms. The first kappa shape index (κ1) is 21.0. The number of pyridine rings is 1. The number of amides is 1. The number of carbonyl (C=O) groups excluding carboxylic acids is 1. The standard InChI is InChI=1S/C24H24N2O4/c1-15-8-10-17(11-9-15)20(14-22(27)28)26-24(29)19-12-13-21(30-3)23(25-19)18-7-5-4-6-16(18)2/h4-13,20H,14H2,1-3H3,(H,26,29)(H,27,28)/t20-/m0/s1. The summed E-state index contributed by atoms with van der Waals surface area (Å²) in [6.45, 7) is 3.91. The lowest BCUT2D eigenvalue weighted by Crippen LogP contribution is -2.31. The van der Waals surface area contributed by atoms with Gasteiger partial charge in [0, 0.05) is 5.56 Å². The molecule has 1 aromatic heterocycles. The van der Waals surface area contributed by atoms with Crippen LogP contribution in [0.2, 0.25) is 0 Å². The van der Waals surface area contributed by atoms with Gasteiger partial charge in [0.05, 0.1) is 19.6 Å². The van der Waals surface area contributed by atoms with Crippen molar-refractivity contribution in [2.24, 2.45) is 0 Å². The number of aryl methyl sites for hydroxylation is 2. The number of hydrogen-bond acceptors (Lipinski definition) is 4. The van der Waals surface area contributed by atoms with E-state index in [1.54, 1.807) is 19.2 Å². The van der Waals surface area contributed by atoms with Crippen LogP contribution in [0.15, 0.2) is 60.7 Å². The Hall–Kier alpha value is -3.67. The van der Waals surface area contributed by atoms with Gasteiger partial charge in [-0.1, -0.05) is 54.1 Å². The lowest BCUT2D eigenvalue weighted by molar-refractivity contribution is -0.137. The molecule has 0 aliphatic rings. The minimum absolute atomic E-state index is 0.191. The Morgan fingerprint density at radius 2 is 1.73 bits per heavy atom. The van der Waals surface area contributed by atoms with Crippen LogP contribution < -0.4 is 10.1 Å². The lowest BCUT2D eigenvalue weighted by Gasteiger charge is -2.18. The number of aromatic nitrogens is 1. The maximum atomic E-state index is 12.9. The maximum Gasteiger partial charge on any atom is 0.305 e. The van der Waals surface area contributed by atoms with Gasteiger partial charge in [-0.05, 0) is 37.1 Å². The SMILES string of the molecule is COc1ccc(C(=O)N[C@@H](CC(=O)O)c2ccc(C)cc2)nc1-c1ccccc1C. The number of nitrogens with one attached hydrogen (secondary N) is 1. The van der Waals surface area contributed by atoms with Gasteiger partial charge >= 0.3 is 5.97 Å². The van der Waals surface area contributed by atoms with Crippen LogP contribution in [0.5, 0.6) is 5.75 Å². The summed E-state index contributed by atoms with van der Waals surface area (Å²) in [6, 6.07) is 17.7. The molecule has 0 saturated carbocycles. The normalized spacial score (nSPS) is 11.6. The monoisotopic (exact) mass is 404 g/mol. The zero-order chi connectivity index (χ0) is 21.7. The molecule has 2 aromatic carbocycles. The molecule has 1 heterocycles. The number of carboxylic acid groups (broad SMARTS) is 1. The number of benzene rings is 2. The topological polar surface area (TPSA) is 88.5 Å². The van der Waals surface area contributed by atoms with Gasteiger partial charge in [-0.3, -0.25) is 9.59 Å². The Balaban J connectivity index is 1.93. The summed E-state index contributed by atoms with van der Waals surface area (Å²) < 4.78 is 5.43. The molecule has 1 amide bonds. The predicted molar refractivity (Wildman–Crippen MR) is 115 cm³/mol. The van der Waals surface area contributed by atoms with Crippen molar-refractivity contribution in [3.8, 4) is 17.0 Å². The van der Waals surface area contributed by atoms with Gasteiger partial charge in [0.1, 0.15) is 17.1 Å². The molecule has 0 unspecified atom stereocenters. The quantitative estimate of drug-likeness (QED) is 0.612. The highest BCUT2D eigenvalue weighted by atomic mass is 16.5. The van der Waals surface area contributed by atoms with Crippen molar-refractivity contribution in [1.82, 2.24) is 10.3 Å². The number of hydrogen-bond donors (Lipinski definition) is 2. The minimum atomic E-state index is -0.996. The van der Waals surface area contributed by atoms with Gasteiger partial charge in [0.15, 0.2) is 0 Å². The first-order valence-electron chi connectivity index (χ1n) is 9.59. The van der Waals surface area contributed by atoms with E-state index >= 15 is 0 Å². The highest BCUT2D eigenvalue weighted by molar-refractivity contribution is 5.94. The van der Waals surface area contributed by atoms with E-state index < -0.39 is 17.9 Å². The number of rotatable bonds is 7. The summed E-state index contributed by atoms with van der Waals surface area (Å²) >= 11 is 0. The van der Waals surface area contributed by atoms with E-state index in [2.05, 4.69) is 10.3 Å². The highest BCUT2D eigenvalue weighted by Crippen LogP contribution is 2.30. The van der Waals surface area contributed by atoms with Crippen LogP contribution >= 0.6 is 0 Å². The zero-order valence-electron chi connectivity index (χ0n) is 17.2. The molecule has 6 nitrogen and oxygen atoms in total. The number of ether oxygens (including phenoxy) is 1. The Morgan fingerprint density at radius 3 is 2.37 bits per heavy atom. The summed E-state index contributed by atoms with van der Waals surface area (Å²) in [5.74, 6) is -0.884. The second kappa shape index (κ2) is 9.22. The number of carbonyl (C=O) groups is 2. The second-order valence-electron chi connectivity index (χ2n) is 7.10. The molecule has 3 aromatic rings. The third-order valence-corrected chi connectivity index (χ3v) is 4.87. The smallest absolute Gasteiger partial charge is 0.305 e. The lowest BCUT2D eigenvalue weighted by atomic mass is 10.0. The molecule has 0 bridgehead atoms. The van der Waals surface area contributed by atoms with E-state index in [9.17, 15) is 14.7 Å². The van der Waals surface area contributed by atoms with Crippen molar-refractivity contribution in [2.45, 2.75) is 26.3 Å². The fraction of sp³-hybridized carbons (Fsp3) is 0.208. The van der Waals surface area contributed by atoms with Crippen LogP contribution in [-0.2, 0) is 4.79 Å². The maximum absolute atomic E-state index is 12.9. The van der Waals surface area contributed by atoms with E-state index in [0.29, 0.717) is 11.4 Å². The summed E-state index contributed by atoms with van der Waals surface area (Å²) in [7, 11) is 1.55. The average molecular weight is 404 g/mol. The van der Waals surface area contributed by atoms with Gasteiger partial charge in [-0.15, -0.1) is 0 Å². The van der Waals surface area contributed by atoms with Crippen molar-refractivity contribution >= 4 is 11.9 Å². The molecule has 0 aliphatic carbocycles. The van der Waals surface area contributed by atoms with Gasteiger partial charge in [-0.2, -0.15) is 0 Å². The fourth-order valence-electron chi connectivity index (χ4n) is 3.23. The first-order chi connectivity index (χ1) is 14.4. The molecule has 3 rings (SSSR count). The van der Waals surface area contributed by atoms with Gasteiger partial charge in [0.2, 0.25) is 0 Å². The number of nitrogens with zero attached hydrogens (tertiary/aromatic N) is 1. The molecular weight excluding hydrogens is 380 g/mol. The predicted octanol–water partition coefficient (Wildman–Crippen LogP) is 4.32.